The van der Waals surface area contributed by atoms with Gasteiger partial charge in [0, 0.05) is 12.8 Å². The molecule has 6 rings (SSSR count). The molecule has 0 bridgehead atoms. The van der Waals surface area contributed by atoms with E-state index in [0.29, 0.717) is 31.2 Å². The molecule has 17 heteroatoms. The van der Waals surface area contributed by atoms with Crippen LogP contribution in [0.15, 0.2) is 109 Å². The number of hydrazine groups is 2. The molecule has 4 atom stereocenters. The molecular formula is C45H44N6O11. The molecule has 0 radical (unpaired) electrons. The van der Waals surface area contributed by atoms with Crippen molar-refractivity contribution in [3.63, 3.8) is 0 Å². The second-order valence-electron chi connectivity index (χ2n) is 15.6. The van der Waals surface area contributed by atoms with Crippen LogP contribution >= 0.6 is 0 Å². The van der Waals surface area contributed by atoms with Gasteiger partial charge in [0.05, 0.1) is 22.3 Å². The van der Waals surface area contributed by atoms with E-state index in [1.165, 1.54) is 55.5 Å². The summed E-state index contributed by atoms with van der Waals surface area (Å²) in [6.45, 7) is 7.10. The standard InChI is InChI=1S/C45H44N6O11/c1-26(36(52)46-34(24-28-16-8-6-9-17-28)41(57)49(27(2)43(59)60)51-39(55)32-22-14-15-23-33(32)40(51)56)48(50-37(53)30-20-12-13-21-31(30)38(50)54)42(58)35(25-29-18-10-7-11-19-29)47-44(61)62-45(3,4)5/h6-23,26-27,34-35H,24-25H2,1-5H3,(H,46,52)(H,47,61)(H,59,60)/t26-,27?,34-,35-/m0/s1. The fourth-order valence-electron chi connectivity index (χ4n) is 7.05. The van der Waals surface area contributed by atoms with Gasteiger partial charge in [-0.05, 0) is 70.0 Å². The Hall–Kier alpha value is -7.69. The van der Waals surface area contributed by atoms with Gasteiger partial charge in [-0.15, -0.1) is 0 Å². The van der Waals surface area contributed by atoms with E-state index in [4.69, 9.17) is 4.74 Å². The normalized spacial score (nSPS) is 15.2. The van der Waals surface area contributed by atoms with Gasteiger partial charge in [0.2, 0.25) is 5.91 Å². The number of carboxylic acid groups (broad SMARTS) is 1. The van der Waals surface area contributed by atoms with Crippen molar-refractivity contribution in [2.45, 2.75) is 77.2 Å². The SMILES string of the molecule is CC(C(=O)O)N(C(=O)[C@H](Cc1ccccc1)NC(=O)[C@H](C)N(C(=O)[C@H](Cc1ccccc1)NC(=O)OC(C)(C)C)N1C(=O)c2ccccc2C1=O)N1C(=O)c2ccccc2C1=O. The van der Waals surface area contributed by atoms with Gasteiger partial charge >= 0.3 is 12.1 Å². The van der Waals surface area contributed by atoms with E-state index in [-0.39, 0.29) is 35.1 Å². The van der Waals surface area contributed by atoms with Crippen molar-refractivity contribution in [1.82, 2.24) is 30.7 Å². The molecule has 2 heterocycles. The van der Waals surface area contributed by atoms with Crippen molar-refractivity contribution >= 4 is 53.4 Å². The molecule has 62 heavy (non-hydrogen) atoms. The fourth-order valence-corrected chi connectivity index (χ4v) is 7.05. The Morgan fingerprint density at radius 3 is 1.26 bits per heavy atom. The van der Waals surface area contributed by atoms with Crippen LogP contribution in [-0.4, -0.2) is 108 Å². The van der Waals surface area contributed by atoms with Gasteiger partial charge in [0.25, 0.3) is 35.4 Å². The summed E-state index contributed by atoms with van der Waals surface area (Å²) in [6.07, 6.45) is -1.52. The van der Waals surface area contributed by atoms with Crippen LogP contribution in [0.1, 0.15) is 87.2 Å². The van der Waals surface area contributed by atoms with Gasteiger partial charge in [0.1, 0.15) is 29.8 Å². The Morgan fingerprint density at radius 1 is 0.565 bits per heavy atom. The van der Waals surface area contributed by atoms with Crippen LogP contribution in [0.5, 0.6) is 0 Å². The lowest BCUT2D eigenvalue weighted by Gasteiger charge is -2.38. The van der Waals surface area contributed by atoms with E-state index in [9.17, 15) is 48.3 Å². The van der Waals surface area contributed by atoms with Crippen LogP contribution in [0.25, 0.3) is 0 Å². The summed E-state index contributed by atoms with van der Waals surface area (Å²) in [5, 5.41) is 17.3. The number of fused-ring (bicyclic) bond motifs is 2. The smallest absolute Gasteiger partial charge is 0.408 e. The highest BCUT2D eigenvalue weighted by Crippen LogP contribution is 2.29. The zero-order valence-electron chi connectivity index (χ0n) is 34.4. The third-order valence-corrected chi connectivity index (χ3v) is 10.1. The highest BCUT2D eigenvalue weighted by molar-refractivity contribution is 6.23. The van der Waals surface area contributed by atoms with Crippen LogP contribution in [0.4, 0.5) is 4.79 Å². The largest absolute Gasteiger partial charge is 0.480 e. The first kappa shape index (κ1) is 43.9. The molecule has 2 aliphatic heterocycles. The maximum absolute atomic E-state index is 15.0. The van der Waals surface area contributed by atoms with E-state index in [1.54, 1.807) is 81.4 Å². The topological polar surface area (TPSA) is 220 Å². The summed E-state index contributed by atoms with van der Waals surface area (Å²) in [4.78, 5) is 126. The van der Waals surface area contributed by atoms with Crippen LogP contribution in [0.2, 0.25) is 0 Å². The predicted octanol–water partition coefficient (Wildman–Crippen LogP) is 3.79. The number of hydrogen-bond acceptors (Lipinski definition) is 10. The van der Waals surface area contributed by atoms with Crippen LogP contribution in [-0.2, 0) is 36.8 Å². The molecule has 0 spiro atoms. The molecule has 4 aromatic rings. The van der Waals surface area contributed by atoms with E-state index >= 15 is 0 Å². The second-order valence-corrected chi connectivity index (χ2v) is 15.6. The molecule has 0 fully saturated rings. The molecule has 0 aromatic heterocycles. The Labute approximate surface area is 356 Å². The first-order valence-corrected chi connectivity index (χ1v) is 19.6. The average molecular weight is 845 g/mol. The quantitative estimate of drug-likeness (QED) is 0.155. The minimum absolute atomic E-state index is 0.0704. The molecule has 17 nitrogen and oxygen atoms in total. The van der Waals surface area contributed by atoms with Crippen molar-refractivity contribution < 1.29 is 53.0 Å². The first-order chi connectivity index (χ1) is 29.4. The van der Waals surface area contributed by atoms with E-state index in [1.807, 2.05) is 0 Å². The van der Waals surface area contributed by atoms with Crippen LogP contribution in [0.3, 0.4) is 0 Å². The number of carbonyl (C=O) groups excluding carboxylic acids is 8. The molecule has 4 aromatic carbocycles. The van der Waals surface area contributed by atoms with E-state index in [0.717, 1.165) is 6.92 Å². The third-order valence-electron chi connectivity index (χ3n) is 10.1. The number of ether oxygens (including phenoxy) is 1. The molecule has 3 N–H and O–H groups in total. The highest BCUT2D eigenvalue weighted by atomic mass is 16.6. The monoisotopic (exact) mass is 844 g/mol. The van der Waals surface area contributed by atoms with Gasteiger partial charge in [-0.25, -0.2) is 19.6 Å². The number of imide groups is 2. The van der Waals surface area contributed by atoms with Gasteiger partial charge < -0.3 is 20.5 Å². The summed E-state index contributed by atoms with van der Waals surface area (Å²) in [6, 6.07) is 21.3. The fraction of sp³-hybridized carbons (Fsp3) is 0.267. The van der Waals surface area contributed by atoms with Crippen molar-refractivity contribution in [1.29, 1.82) is 0 Å². The number of nitrogens with zero attached hydrogens (tertiary/aromatic N) is 4. The molecule has 0 aliphatic carbocycles. The number of benzene rings is 4. The number of amides is 8. The second kappa shape index (κ2) is 17.9. The van der Waals surface area contributed by atoms with Gasteiger partial charge in [-0.3, -0.25) is 33.6 Å². The van der Waals surface area contributed by atoms with E-state index in [2.05, 4.69) is 10.6 Å². The molecule has 1 unspecified atom stereocenters. The van der Waals surface area contributed by atoms with Crippen molar-refractivity contribution in [2.24, 2.45) is 0 Å². The summed E-state index contributed by atoms with van der Waals surface area (Å²) in [5.41, 5.74) is -0.287. The highest BCUT2D eigenvalue weighted by Gasteiger charge is 2.49. The Bertz CT molecular complexity index is 2380. The van der Waals surface area contributed by atoms with Crippen molar-refractivity contribution in [3.05, 3.63) is 143 Å². The zero-order chi connectivity index (χ0) is 45.0. The van der Waals surface area contributed by atoms with Crippen LogP contribution < -0.4 is 10.6 Å². The maximum Gasteiger partial charge on any atom is 0.408 e. The Morgan fingerprint density at radius 2 is 0.903 bits per heavy atom. The summed E-state index contributed by atoms with van der Waals surface area (Å²) in [5.74, 6) is -8.86. The number of carbonyl (C=O) groups is 9. The lowest BCUT2D eigenvalue weighted by molar-refractivity contribution is -0.161. The van der Waals surface area contributed by atoms with Gasteiger partial charge in [-0.1, -0.05) is 84.9 Å². The van der Waals surface area contributed by atoms with Crippen molar-refractivity contribution in [3.8, 4) is 0 Å². The van der Waals surface area contributed by atoms with Crippen molar-refractivity contribution in [2.75, 3.05) is 0 Å². The minimum Gasteiger partial charge on any atom is -0.480 e. The van der Waals surface area contributed by atoms with Gasteiger partial charge in [-0.2, -0.15) is 10.0 Å². The summed E-state index contributed by atoms with van der Waals surface area (Å²) >= 11 is 0. The Balaban J connectivity index is 1.41. The Kier molecular flexibility index (Phi) is 12.7. The first-order valence-electron chi connectivity index (χ1n) is 19.6. The molecule has 8 amide bonds. The number of hydrogen-bond donors (Lipinski definition) is 3. The number of nitrogens with one attached hydrogen (secondary N) is 2. The summed E-state index contributed by atoms with van der Waals surface area (Å²) in [7, 11) is 0. The molecule has 2 aliphatic rings. The van der Waals surface area contributed by atoms with Gasteiger partial charge in [0.15, 0.2) is 0 Å². The minimum atomic E-state index is -1.83. The average Bonchev–Trinajstić information content (AvgIpc) is 3.64. The molecular weight excluding hydrogens is 801 g/mol. The molecule has 320 valence electrons. The number of carboxylic acids is 1. The number of alkyl carbamates (subject to hydrolysis) is 1. The lowest BCUT2D eigenvalue weighted by atomic mass is 10.0. The number of aliphatic carboxylic acids is 1. The summed E-state index contributed by atoms with van der Waals surface area (Å²) < 4.78 is 5.45. The maximum atomic E-state index is 15.0. The molecule has 0 saturated carbocycles. The zero-order valence-corrected chi connectivity index (χ0v) is 34.4. The van der Waals surface area contributed by atoms with E-state index < -0.39 is 83.2 Å². The number of rotatable bonds is 14. The lowest BCUT2D eigenvalue weighted by Crippen LogP contribution is -2.65. The van der Waals surface area contributed by atoms with Crippen LogP contribution in [0, 0.1) is 0 Å². The predicted molar refractivity (Wildman–Crippen MR) is 220 cm³/mol. The molecule has 0 saturated heterocycles. The third kappa shape index (κ3) is 9.06.